The highest BCUT2D eigenvalue weighted by Gasteiger charge is 2.32. The zero-order valence-corrected chi connectivity index (χ0v) is 19.2. The summed E-state index contributed by atoms with van der Waals surface area (Å²) in [7, 11) is -3.29. The molecule has 0 aromatic heterocycles. The Kier molecular flexibility index (Phi) is 10.7. The number of Topliss-reactive ketones (excluding diaryl/α,β-unsaturated/α-hetero) is 1. The standard InChI is InChI=1S/C20H31N3O8S/c1-20(2,13-24)17(26)19(28)21-8-7-16(25)18(27)22-12-14-5-4-6-15(11-14)31-10-9-23-32(3,29)30/h4-6,11,17,23-24,26H,7-10,12-13H2,1-3H3,(H,21,28)(H,22,27). The minimum absolute atomic E-state index is 0.0686. The quantitative estimate of drug-likeness (QED) is 0.164. The van der Waals surface area contributed by atoms with Crippen LogP contribution in [0.25, 0.3) is 0 Å². The molecule has 0 heterocycles. The van der Waals surface area contributed by atoms with E-state index in [2.05, 4.69) is 15.4 Å². The number of aliphatic hydroxyl groups is 2. The van der Waals surface area contributed by atoms with Gasteiger partial charge in [0.05, 0.1) is 12.9 Å². The highest BCUT2D eigenvalue weighted by atomic mass is 32.2. The van der Waals surface area contributed by atoms with Crippen LogP contribution in [0.5, 0.6) is 5.75 Å². The fourth-order valence-corrected chi connectivity index (χ4v) is 2.83. The van der Waals surface area contributed by atoms with Crippen molar-refractivity contribution >= 4 is 27.6 Å². The Morgan fingerprint density at radius 2 is 1.84 bits per heavy atom. The zero-order chi connectivity index (χ0) is 24.4. The molecular formula is C20H31N3O8S. The van der Waals surface area contributed by atoms with E-state index >= 15 is 0 Å². The van der Waals surface area contributed by atoms with Gasteiger partial charge in [-0.25, -0.2) is 13.1 Å². The molecule has 12 heteroatoms. The third-order valence-electron chi connectivity index (χ3n) is 4.39. The Labute approximate surface area is 187 Å². The number of sulfonamides is 1. The lowest BCUT2D eigenvalue weighted by molar-refractivity contribution is -0.139. The smallest absolute Gasteiger partial charge is 0.287 e. The molecule has 0 aliphatic rings. The second kappa shape index (κ2) is 12.5. The number of amides is 2. The van der Waals surface area contributed by atoms with Gasteiger partial charge in [0.15, 0.2) is 0 Å². The van der Waals surface area contributed by atoms with Crippen molar-refractivity contribution in [2.24, 2.45) is 5.41 Å². The number of hydrogen-bond donors (Lipinski definition) is 5. The summed E-state index contributed by atoms with van der Waals surface area (Å²) in [5.41, 5.74) is -0.365. The number of hydrogen-bond acceptors (Lipinski definition) is 8. The van der Waals surface area contributed by atoms with E-state index in [1.165, 1.54) is 13.8 Å². The van der Waals surface area contributed by atoms with E-state index < -0.39 is 45.7 Å². The van der Waals surface area contributed by atoms with Crippen LogP contribution in [0.15, 0.2) is 24.3 Å². The number of ether oxygens (including phenoxy) is 1. The molecular weight excluding hydrogens is 442 g/mol. The molecule has 0 aliphatic carbocycles. The molecule has 0 saturated carbocycles. The summed E-state index contributed by atoms with van der Waals surface area (Å²) < 4.78 is 29.8. The van der Waals surface area contributed by atoms with Gasteiger partial charge in [0.1, 0.15) is 18.5 Å². The lowest BCUT2D eigenvalue weighted by atomic mass is 9.87. The molecule has 11 nitrogen and oxygen atoms in total. The minimum Gasteiger partial charge on any atom is -0.492 e. The van der Waals surface area contributed by atoms with Gasteiger partial charge < -0.3 is 25.6 Å². The molecule has 1 unspecified atom stereocenters. The van der Waals surface area contributed by atoms with Crippen LogP contribution in [0.1, 0.15) is 25.8 Å². The van der Waals surface area contributed by atoms with E-state index in [1.54, 1.807) is 24.3 Å². The summed E-state index contributed by atoms with van der Waals surface area (Å²) in [6.45, 7) is 2.81. The Balaban J connectivity index is 2.40. The summed E-state index contributed by atoms with van der Waals surface area (Å²) in [6, 6.07) is 6.73. The van der Waals surface area contributed by atoms with Crippen molar-refractivity contribution in [3.63, 3.8) is 0 Å². The maximum atomic E-state index is 12.0. The van der Waals surface area contributed by atoms with Gasteiger partial charge in [0.25, 0.3) is 5.91 Å². The number of rotatable bonds is 14. The molecule has 2 amide bonds. The third-order valence-corrected chi connectivity index (χ3v) is 5.12. The highest BCUT2D eigenvalue weighted by Crippen LogP contribution is 2.19. The molecule has 32 heavy (non-hydrogen) atoms. The first-order chi connectivity index (χ1) is 14.9. The molecule has 180 valence electrons. The molecule has 1 aromatic carbocycles. The van der Waals surface area contributed by atoms with Crippen LogP contribution in [-0.2, 0) is 31.0 Å². The Morgan fingerprint density at radius 3 is 2.47 bits per heavy atom. The normalized spacial score (nSPS) is 12.7. The zero-order valence-electron chi connectivity index (χ0n) is 18.4. The third kappa shape index (κ3) is 10.2. The SMILES string of the molecule is CC(C)(CO)C(O)C(=O)NCCC(=O)C(=O)NCc1cccc(OCCNS(C)(=O)=O)c1. The molecule has 0 radical (unpaired) electrons. The predicted molar refractivity (Wildman–Crippen MR) is 116 cm³/mol. The van der Waals surface area contributed by atoms with Gasteiger partial charge in [-0.1, -0.05) is 26.0 Å². The Morgan fingerprint density at radius 1 is 1.16 bits per heavy atom. The largest absolute Gasteiger partial charge is 0.492 e. The summed E-state index contributed by atoms with van der Waals surface area (Å²) >= 11 is 0. The van der Waals surface area contributed by atoms with Gasteiger partial charge >= 0.3 is 0 Å². The number of aliphatic hydroxyl groups excluding tert-OH is 2. The molecule has 5 N–H and O–H groups in total. The number of benzene rings is 1. The molecule has 1 rings (SSSR count). The van der Waals surface area contributed by atoms with Crippen LogP contribution in [0, 0.1) is 5.41 Å². The van der Waals surface area contributed by atoms with Crippen molar-refractivity contribution in [2.75, 3.05) is 32.6 Å². The van der Waals surface area contributed by atoms with Gasteiger partial charge in [-0.2, -0.15) is 0 Å². The average molecular weight is 474 g/mol. The van der Waals surface area contributed by atoms with E-state index in [-0.39, 0.29) is 32.7 Å². The van der Waals surface area contributed by atoms with Crippen LogP contribution < -0.4 is 20.1 Å². The fraction of sp³-hybridized carbons (Fsp3) is 0.550. The predicted octanol–water partition coefficient (Wildman–Crippen LogP) is -1.31. The molecule has 1 atom stereocenters. The lowest BCUT2D eigenvalue weighted by Gasteiger charge is -2.27. The molecule has 0 saturated heterocycles. The summed E-state index contributed by atoms with van der Waals surface area (Å²) in [5.74, 6) is -1.81. The molecule has 0 fully saturated rings. The van der Waals surface area contributed by atoms with Gasteiger partial charge in [-0.05, 0) is 17.7 Å². The molecule has 1 aromatic rings. The van der Waals surface area contributed by atoms with Crippen molar-refractivity contribution < 1.29 is 37.8 Å². The molecule has 0 aliphatic heterocycles. The van der Waals surface area contributed by atoms with Crippen molar-refractivity contribution in [1.82, 2.24) is 15.4 Å². The number of carbonyl (C=O) groups excluding carboxylic acids is 3. The summed E-state index contributed by atoms with van der Waals surface area (Å²) in [4.78, 5) is 35.8. The monoisotopic (exact) mass is 473 g/mol. The fourth-order valence-electron chi connectivity index (χ4n) is 2.37. The van der Waals surface area contributed by atoms with Crippen LogP contribution >= 0.6 is 0 Å². The van der Waals surface area contributed by atoms with Crippen molar-refractivity contribution in [1.29, 1.82) is 0 Å². The number of carbonyl (C=O) groups is 3. The molecule has 0 bridgehead atoms. The Bertz CT molecular complexity index is 902. The average Bonchev–Trinajstić information content (AvgIpc) is 2.73. The van der Waals surface area contributed by atoms with Crippen LogP contribution in [0.3, 0.4) is 0 Å². The van der Waals surface area contributed by atoms with E-state index in [9.17, 15) is 33.0 Å². The van der Waals surface area contributed by atoms with Crippen LogP contribution in [-0.4, -0.2) is 74.9 Å². The minimum atomic E-state index is -3.29. The van der Waals surface area contributed by atoms with Gasteiger partial charge in [0.2, 0.25) is 21.7 Å². The van der Waals surface area contributed by atoms with Gasteiger partial charge in [-0.15, -0.1) is 0 Å². The van der Waals surface area contributed by atoms with E-state index in [0.29, 0.717) is 11.3 Å². The van der Waals surface area contributed by atoms with E-state index in [4.69, 9.17) is 4.74 Å². The van der Waals surface area contributed by atoms with E-state index in [1.807, 2.05) is 0 Å². The van der Waals surface area contributed by atoms with Crippen molar-refractivity contribution in [3.05, 3.63) is 29.8 Å². The van der Waals surface area contributed by atoms with E-state index in [0.717, 1.165) is 6.26 Å². The Hall–Kier alpha value is -2.54. The second-order valence-corrected chi connectivity index (χ2v) is 9.69. The number of nitrogens with one attached hydrogen (secondary N) is 3. The van der Waals surface area contributed by atoms with Crippen molar-refractivity contribution in [3.8, 4) is 5.75 Å². The van der Waals surface area contributed by atoms with Crippen molar-refractivity contribution in [2.45, 2.75) is 32.9 Å². The number of ketones is 1. The van der Waals surface area contributed by atoms with Gasteiger partial charge in [-0.3, -0.25) is 14.4 Å². The maximum absolute atomic E-state index is 12.0. The van der Waals surface area contributed by atoms with Gasteiger partial charge in [0, 0.05) is 31.5 Å². The summed E-state index contributed by atoms with van der Waals surface area (Å²) in [6.07, 6.45) is -0.652. The maximum Gasteiger partial charge on any atom is 0.287 e. The topological polar surface area (TPSA) is 171 Å². The molecule has 0 spiro atoms. The first kappa shape index (κ1) is 27.5. The van der Waals surface area contributed by atoms with Crippen LogP contribution in [0.2, 0.25) is 0 Å². The summed E-state index contributed by atoms with van der Waals surface area (Å²) in [5, 5.41) is 23.9. The lowest BCUT2D eigenvalue weighted by Crippen LogP contribution is -2.46. The highest BCUT2D eigenvalue weighted by molar-refractivity contribution is 7.88. The first-order valence-electron chi connectivity index (χ1n) is 9.90. The first-order valence-corrected chi connectivity index (χ1v) is 11.8. The second-order valence-electron chi connectivity index (χ2n) is 7.86. The van der Waals surface area contributed by atoms with Crippen LogP contribution in [0.4, 0.5) is 0 Å².